The summed E-state index contributed by atoms with van der Waals surface area (Å²) in [5.74, 6) is 4.23. The predicted octanol–water partition coefficient (Wildman–Crippen LogP) is -1.65. The molecule has 13 heavy (non-hydrogen) atoms. The minimum Gasteiger partial charge on any atom is -0.264 e. The van der Waals surface area contributed by atoms with E-state index in [2.05, 4.69) is 20.2 Å². The van der Waals surface area contributed by atoms with Gasteiger partial charge in [-0.1, -0.05) is 11.8 Å². The molecule has 0 aromatic rings. The molecule has 1 N–H and O–H groups in total. The molecule has 0 atom stereocenters. The van der Waals surface area contributed by atoms with E-state index in [0.29, 0.717) is 0 Å². The zero-order chi connectivity index (χ0) is 10.3. The highest BCUT2D eigenvalue weighted by atomic mass is 32.3. The van der Waals surface area contributed by atoms with Crippen LogP contribution in [0.2, 0.25) is 0 Å². The highest BCUT2D eigenvalue weighted by Gasteiger charge is 1.99. The molecule has 0 rings (SSSR count). The molecular formula is C4H6O7S2. The maximum Gasteiger partial charge on any atom is 0.398 e. The first kappa shape index (κ1) is 12.3. The number of hydrogen-bond acceptors (Lipinski definition) is 6. The van der Waals surface area contributed by atoms with E-state index in [9.17, 15) is 16.8 Å². The van der Waals surface area contributed by atoms with Gasteiger partial charge in [-0.25, -0.2) is 12.6 Å². The Hall–Kier alpha value is -0.660. The fourth-order valence-electron chi connectivity index (χ4n) is 0.291. The summed E-state index contributed by atoms with van der Waals surface area (Å²) in [4.78, 5) is 0. The molecule has 0 unspecified atom stereocenters. The minimum absolute atomic E-state index is 0.381. The van der Waals surface area contributed by atoms with Crippen molar-refractivity contribution >= 4 is 21.4 Å². The van der Waals surface area contributed by atoms with Crippen LogP contribution in [0.4, 0.5) is 0 Å². The van der Waals surface area contributed by atoms with Crippen LogP contribution >= 0.6 is 0 Å². The van der Waals surface area contributed by atoms with E-state index >= 15 is 0 Å². The zero-order valence-corrected chi connectivity index (χ0v) is 7.88. The van der Waals surface area contributed by atoms with Gasteiger partial charge in [0.05, 0.1) is 0 Å². The summed E-state index contributed by atoms with van der Waals surface area (Å²) in [7, 11) is -7.45. The van der Waals surface area contributed by atoms with Gasteiger partial charge in [-0.3, -0.25) is 8.74 Å². The maximum absolute atomic E-state index is 9.91. The Balaban J connectivity index is 3.64. The van der Waals surface area contributed by atoms with Crippen LogP contribution in [0.15, 0.2) is 0 Å². The van der Waals surface area contributed by atoms with E-state index in [4.69, 9.17) is 4.55 Å². The van der Waals surface area contributed by atoms with Gasteiger partial charge in [-0.05, 0) is 0 Å². The SMILES string of the molecule is O=[SH](=O)OCC#CCOS(=O)(=O)O. The first-order valence-electron chi connectivity index (χ1n) is 2.76. The molecule has 0 aliphatic rings. The lowest BCUT2D eigenvalue weighted by molar-refractivity contribution is 0.300. The fraction of sp³-hybridized carbons (Fsp3) is 0.500. The second kappa shape index (κ2) is 5.90. The van der Waals surface area contributed by atoms with Crippen molar-refractivity contribution in [1.82, 2.24) is 0 Å². The maximum atomic E-state index is 9.91. The average molecular weight is 230 g/mol. The predicted molar refractivity (Wildman–Crippen MR) is 41.5 cm³/mol. The first-order valence-corrected chi connectivity index (χ1v) is 5.23. The summed E-state index contributed by atoms with van der Waals surface area (Å²) in [6, 6.07) is 0. The molecule has 0 bridgehead atoms. The number of rotatable bonds is 4. The van der Waals surface area contributed by atoms with Crippen molar-refractivity contribution in [3.05, 3.63) is 0 Å². The van der Waals surface area contributed by atoms with Crippen LogP contribution in [0.25, 0.3) is 0 Å². The van der Waals surface area contributed by atoms with E-state index in [-0.39, 0.29) is 6.61 Å². The summed E-state index contributed by atoms with van der Waals surface area (Å²) in [6.45, 7) is -0.939. The standard InChI is InChI=1S/C4H6O7S2/c5-12(6)10-3-1-2-4-11-13(7,8)9/h12H,3-4H2,(H,7,8,9). The number of hydrogen-bond donors (Lipinski definition) is 2. The summed E-state index contributed by atoms with van der Waals surface area (Å²) >= 11 is 0. The summed E-state index contributed by atoms with van der Waals surface area (Å²) in [5.41, 5.74) is 0. The third-order valence-electron chi connectivity index (χ3n) is 0.647. The van der Waals surface area contributed by atoms with Crippen LogP contribution < -0.4 is 0 Å². The molecule has 0 aliphatic heterocycles. The Bertz CT molecular complexity index is 359. The normalized spacial score (nSPS) is 10.9. The van der Waals surface area contributed by atoms with E-state index in [1.165, 1.54) is 0 Å². The van der Waals surface area contributed by atoms with Crippen molar-refractivity contribution in [2.24, 2.45) is 0 Å². The fourth-order valence-corrected chi connectivity index (χ4v) is 0.669. The van der Waals surface area contributed by atoms with Crippen LogP contribution in [-0.2, 0) is 29.8 Å². The van der Waals surface area contributed by atoms with Gasteiger partial charge in [0.25, 0.3) is 11.0 Å². The Morgan fingerprint density at radius 2 is 1.77 bits per heavy atom. The quantitative estimate of drug-likeness (QED) is 0.338. The average Bonchev–Trinajstić information content (AvgIpc) is 1.93. The van der Waals surface area contributed by atoms with Gasteiger partial charge in [-0.2, -0.15) is 8.42 Å². The van der Waals surface area contributed by atoms with Crippen LogP contribution in [0.3, 0.4) is 0 Å². The molecule has 0 heterocycles. The van der Waals surface area contributed by atoms with Crippen molar-refractivity contribution in [1.29, 1.82) is 0 Å². The Kier molecular flexibility index (Phi) is 5.60. The van der Waals surface area contributed by atoms with Gasteiger partial charge < -0.3 is 0 Å². The largest absolute Gasteiger partial charge is 0.398 e. The molecule has 0 saturated carbocycles. The van der Waals surface area contributed by atoms with Crippen LogP contribution in [0.5, 0.6) is 0 Å². The second-order valence-corrected chi connectivity index (χ2v) is 3.34. The Morgan fingerprint density at radius 3 is 2.23 bits per heavy atom. The van der Waals surface area contributed by atoms with Crippen LogP contribution in [-0.4, -0.2) is 34.6 Å². The molecule has 9 heteroatoms. The first-order chi connectivity index (χ1) is 5.92. The molecule has 0 aromatic carbocycles. The van der Waals surface area contributed by atoms with Crippen molar-refractivity contribution in [2.75, 3.05) is 13.2 Å². The monoisotopic (exact) mass is 230 g/mol. The minimum atomic E-state index is -4.49. The van der Waals surface area contributed by atoms with Crippen molar-refractivity contribution in [2.45, 2.75) is 0 Å². The molecule has 0 spiro atoms. The molecule has 7 nitrogen and oxygen atoms in total. The molecular weight excluding hydrogens is 224 g/mol. The van der Waals surface area contributed by atoms with Gasteiger partial charge >= 0.3 is 10.4 Å². The lowest BCUT2D eigenvalue weighted by Gasteiger charge is -1.89. The van der Waals surface area contributed by atoms with Crippen LogP contribution in [0.1, 0.15) is 0 Å². The molecule has 0 saturated heterocycles. The molecule has 0 fully saturated rings. The van der Waals surface area contributed by atoms with E-state index < -0.39 is 28.0 Å². The third kappa shape index (κ3) is 11.3. The molecule has 0 radical (unpaired) electrons. The van der Waals surface area contributed by atoms with Gasteiger partial charge in [0, 0.05) is 0 Å². The molecule has 76 valence electrons. The van der Waals surface area contributed by atoms with Gasteiger partial charge in [0.15, 0.2) is 0 Å². The second-order valence-electron chi connectivity index (χ2n) is 1.54. The van der Waals surface area contributed by atoms with Crippen molar-refractivity contribution in [3.63, 3.8) is 0 Å². The summed E-state index contributed by atoms with van der Waals surface area (Å²) in [6.07, 6.45) is 0. The smallest absolute Gasteiger partial charge is 0.264 e. The van der Waals surface area contributed by atoms with Crippen LogP contribution in [0, 0.1) is 11.8 Å². The van der Waals surface area contributed by atoms with E-state index in [1.54, 1.807) is 0 Å². The summed E-state index contributed by atoms with van der Waals surface area (Å²) < 4.78 is 55.1. The van der Waals surface area contributed by atoms with Crippen molar-refractivity contribution in [3.8, 4) is 11.8 Å². The molecule has 0 aromatic heterocycles. The lowest BCUT2D eigenvalue weighted by atomic mass is 10.6. The van der Waals surface area contributed by atoms with Gasteiger partial charge in [0.1, 0.15) is 13.2 Å². The highest BCUT2D eigenvalue weighted by molar-refractivity contribution is 7.80. The van der Waals surface area contributed by atoms with Gasteiger partial charge in [-0.15, -0.1) is 0 Å². The molecule has 0 aliphatic carbocycles. The van der Waals surface area contributed by atoms with Crippen molar-refractivity contribution < 1.29 is 29.8 Å². The van der Waals surface area contributed by atoms with E-state index in [0.717, 1.165) is 0 Å². The third-order valence-corrected chi connectivity index (χ3v) is 1.40. The van der Waals surface area contributed by atoms with E-state index in [1.807, 2.05) is 0 Å². The number of thiol groups is 1. The molecule has 0 amide bonds. The topological polar surface area (TPSA) is 107 Å². The van der Waals surface area contributed by atoms with Gasteiger partial charge in [0.2, 0.25) is 0 Å². The summed E-state index contributed by atoms with van der Waals surface area (Å²) in [5, 5.41) is 0. The Morgan fingerprint density at radius 1 is 1.23 bits per heavy atom. The highest BCUT2D eigenvalue weighted by Crippen LogP contribution is 1.82. The zero-order valence-electron chi connectivity index (χ0n) is 6.17. The lowest BCUT2D eigenvalue weighted by Crippen LogP contribution is -2.03. The Labute approximate surface area is 76.8 Å².